The zero-order chi connectivity index (χ0) is 13.2. The number of imidazole rings is 1. The molecule has 17 heavy (non-hydrogen) atoms. The zero-order valence-corrected chi connectivity index (χ0v) is 10.4. The van der Waals surface area contributed by atoms with Crippen LogP contribution in [0, 0.1) is 0 Å². The van der Waals surface area contributed by atoms with E-state index in [1.165, 1.54) is 10.8 Å². The first-order chi connectivity index (χ1) is 7.74. The molecule has 0 aromatic carbocycles. The summed E-state index contributed by atoms with van der Waals surface area (Å²) in [5.74, 6) is -1.94. The Morgan fingerprint density at radius 3 is 2.41 bits per heavy atom. The number of carboxylic acid groups (broad SMARTS) is 1. The van der Waals surface area contributed by atoms with Gasteiger partial charge in [-0.05, 0) is 27.7 Å². The molecule has 0 saturated heterocycles. The van der Waals surface area contributed by atoms with E-state index in [4.69, 9.17) is 9.84 Å². The maximum Gasteiger partial charge on any atom is 0.372 e. The molecule has 0 fully saturated rings. The summed E-state index contributed by atoms with van der Waals surface area (Å²) in [6, 6.07) is 0. The molecule has 0 amide bonds. The minimum atomic E-state index is -1.17. The molecule has 1 N–H and O–H groups in total. The van der Waals surface area contributed by atoms with Crippen molar-refractivity contribution in [2.75, 3.05) is 0 Å². The van der Waals surface area contributed by atoms with Crippen LogP contribution in [0.3, 0.4) is 0 Å². The third-order valence-electron chi connectivity index (χ3n) is 1.92. The molecule has 1 rings (SSSR count). The summed E-state index contributed by atoms with van der Waals surface area (Å²) in [5, 5.41) is 8.89. The third-order valence-corrected chi connectivity index (χ3v) is 1.92. The number of aromatic nitrogens is 2. The van der Waals surface area contributed by atoms with Crippen LogP contribution < -0.4 is 0 Å². The van der Waals surface area contributed by atoms with Gasteiger partial charge in [-0.1, -0.05) is 0 Å². The molecule has 0 bridgehead atoms. The third kappa shape index (κ3) is 3.30. The Balaban J connectivity index is 3.00. The molecule has 0 radical (unpaired) electrons. The Kier molecular flexibility index (Phi) is 3.55. The quantitative estimate of drug-likeness (QED) is 0.811. The van der Waals surface area contributed by atoms with Crippen LogP contribution in [0.25, 0.3) is 0 Å². The highest BCUT2D eigenvalue weighted by Crippen LogP contribution is 2.12. The molecule has 94 valence electrons. The van der Waals surface area contributed by atoms with E-state index in [-0.39, 0.29) is 11.5 Å². The Labute approximate surface area is 99.2 Å². The van der Waals surface area contributed by atoms with E-state index in [2.05, 4.69) is 4.98 Å². The summed E-state index contributed by atoms with van der Waals surface area (Å²) in [4.78, 5) is 26.3. The second kappa shape index (κ2) is 4.57. The molecule has 6 heteroatoms. The molecule has 6 nitrogen and oxygen atoms in total. The van der Waals surface area contributed by atoms with Crippen LogP contribution in [-0.2, 0) is 11.3 Å². The van der Waals surface area contributed by atoms with Crippen molar-refractivity contribution in [3.63, 3.8) is 0 Å². The molecule has 1 heterocycles. The average molecular weight is 240 g/mol. The number of carbonyl (C=O) groups is 2. The molecule has 0 spiro atoms. The maximum atomic E-state index is 11.7. The molecule has 1 aromatic heterocycles. The Morgan fingerprint density at radius 2 is 2.06 bits per heavy atom. The van der Waals surface area contributed by atoms with Crippen molar-refractivity contribution in [3.8, 4) is 0 Å². The molecular weight excluding hydrogens is 224 g/mol. The van der Waals surface area contributed by atoms with Gasteiger partial charge in [-0.2, -0.15) is 0 Å². The van der Waals surface area contributed by atoms with Gasteiger partial charge in [0.05, 0.1) is 0 Å². The lowest BCUT2D eigenvalue weighted by atomic mass is 10.2. The van der Waals surface area contributed by atoms with Gasteiger partial charge < -0.3 is 14.4 Å². The SMILES string of the molecule is CCn1cc(C(=O)OC(C)(C)C)nc1C(=O)O. The Hall–Kier alpha value is -1.85. The van der Waals surface area contributed by atoms with E-state index < -0.39 is 17.5 Å². The van der Waals surface area contributed by atoms with Gasteiger partial charge in [0.1, 0.15) is 5.60 Å². The molecule has 0 aliphatic carbocycles. The summed E-state index contributed by atoms with van der Waals surface area (Å²) in [7, 11) is 0. The largest absolute Gasteiger partial charge is 0.475 e. The van der Waals surface area contributed by atoms with Gasteiger partial charge in [0.25, 0.3) is 0 Å². The lowest BCUT2D eigenvalue weighted by Gasteiger charge is -2.18. The molecular formula is C11H16N2O4. The number of aromatic carboxylic acids is 1. The van der Waals surface area contributed by atoms with E-state index in [9.17, 15) is 9.59 Å². The highest BCUT2D eigenvalue weighted by atomic mass is 16.6. The first kappa shape index (κ1) is 13.2. The molecule has 0 aliphatic rings. The summed E-state index contributed by atoms with van der Waals surface area (Å²) < 4.78 is 6.50. The van der Waals surface area contributed by atoms with Gasteiger partial charge in [0.15, 0.2) is 5.69 Å². The van der Waals surface area contributed by atoms with Gasteiger partial charge >= 0.3 is 11.9 Å². The highest BCUT2D eigenvalue weighted by Gasteiger charge is 2.23. The van der Waals surface area contributed by atoms with Crippen LogP contribution in [0.15, 0.2) is 6.20 Å². The summed E-state index contributed by atoms with van der Waals surface area (Å²) >= 11 is 0. The van der Waals surface area contributed by atoms with Crippen molar-refractivity contribution in [3.05, 3.63) is 17.7 Å². The van der Waals surface area contributed by atoms with Gasteiger partial charge in [-0.3, -0.25) is 0 Å². The van der Waals surface area contributed by atoms with Crippen molar-refractivity contribution in [2.45, 2.75) is 39.8 Å². The van der Waals surface area contributed by atoms with Gasteiger partial charge in [0.2, 0.25) is 5.82 Å². The van der Waals surface area contributed by atoms with Crippen LogP contribution in [-0.4, -0.2) is 32.2 Å². The van der Waals surface area contributed by atoms with E-state index in [0.717, 1.165) is 0 Å². The summed E-state index contributed by atoms with van der Waals surface area (Å²) in [6.45, 7) is 7.41. The van der Waals surface area contributed by atoms with E-state index in [0.29, 0.717) is 6.54 Å². The number of hydrogen-bond donors (Lipinski definition) is 1. The minimum Gasteiger partial charge on any atom is -0.475 e. The Morgan fingerprint density at radius 1 is 1.47 bits per heavy atom. The second-order valence-corrected chi connectivity index (χ2v) is 4.54. The fourth-order valence-electron chi connectivity index (χ4n) is 1.26. The first-order valence-corrected chi connectivity index (χ1v) is 5.28. The normalized spacial score (nSPS) is 11.3. The molecule has 0 atom stereocenters. The highest BCUT2D eigenvalue weighted by molar-refractivity contribution is 5.90. The fourth-order valence-corrected chi connectivity index (χ4v) is 1.26. The topological polar surface area (TPSA) is 81.4 Å². The van der Waals surface area contributed by atoms with Crippen molar-refractivity contribution in [2.24, 2.45) is 0 Å². The van der Waals surface area contributed by atoms with E-state index in [1.807, 2.05) is 0 Å². The van der Waals surface area contributed by atoms with E-state index in [1.54, 1.807) is 27.7 Å². The first-order valence-electron chi connectivity index (χ1n) is 5.28. The van der Waals surface area contributed by atoms with Crippen LogP contribution in [0.4, 0.5) is 0 Å². The summed E-state index contributed by atoms with van der Waals surface area (Å²) in [6.07, 6.45) is 1.39. The van der Waals surface area contributed by atoms with E-state index >= 15 is 0 Å². The van der Waals surface area contributed by atoms with Crippen molar-refractivity contribution in [1.29, 1.82) is 0 Å². The maximum absolute atomic E-state index is 11.7. The minimum absolute atomic E-state index is 0.0131. The lowest BCUT2D eigenvalue weighted by molar-refractivity contribution is 0.00633. The molecule has 0 unspecified atom stereocenters. The van der Waals surface area contributed by atoms with Crippen molar-refractivity contribution >= 4 is 11.9 Å². The van der Waals surface area contributed by atoms with Crippen molar-refractivity contribution in [1.82, 2.24) is 9.55 Å². The smallest absolute Gasteiger partial charge is 0.372 e. The van der Waals surface area contributed by atoms with Gasteiger partial charge in [-0.15, -0.1) is 0 Å². The number of aryl methyl sites for hydroxylation is 1. The van der Waals surface area contributed by atoms with Gasteiger partial charge in [0, 0.05) is 12.7 Å². The number of esters is 1. The standard InChI is InChI=1S/C11H16N2O4/c1-5-13-6-7(12-8(13)9(14)15)10(16)17-11(2,3)4/h6H,5H2,1-4H3,(H,14,15). The number of carboxylic acids is 1. The molecule has 1 aromatic rings. The monoisotopic (exact) mass is 240 g/mol. The number of ether oxygens (including phenoxy) is 1. The van der Waals surface area contributed by atoms with Crippen LogP contribution in [0.2, 0.25) is 0 Å². The van der Waals surface area contributed by atoms with Crippen LogP contribution in [0.1, 0.15) is 48.8 Å². The number of carbonyl (C=O) groups excluding carboxylic acids is 1. The van der Waals surface area contributed by atoms with Gasteiger partial charge in [-0.25, -0.2) is 14.6 Å². The van der Waals surface area contributed by atoms with Crippen LogP contribution >= 0.6 is 0 Å². The average Bonchev–Trinajstić information content (AvgIpc) is 2.58. The van der Waals surface area contributed by atoms with Crippen LogP contribution in [0.5, 0.6) is 0 Å². The lowest BCUT2D eigenvalue weighted by Crippen LogP contribution is -2.24. The predicted octanol–water partition coefficient (Wildman–Crippen LogP) is 1.56. The number of hydrogen-bond acceptors (Lipinski definition) is 4. The number of nitrogens with zero attached hydrogens (tertiary/aromatic N) is 2. The number of rotatable bonds is 3. The Bertz CT molecular complexity index is 443. The summed E-state index contributed by atoms with van der Waals surface area (Å²) in [5.41, 5.74) is -0.615. The fraction of sp³-hybridized carbons (Fsp3) is 0.545. The zero-order valence-electron chi connectivity index (χ0n) is 10.4. The molecule has 0 aliphatic heterocycles. The van der Waals surface area contributed by atoms with Crippen molar-refractivity contribution < 1.29 is 19.4 Å². The second-order valence-electron chi connectivity index (χ2n) is 4.54. The predicted molar refractivity (Wildman–Crippen MR) is 60.0 cm³/mol. The molecule has 0 saturated carbocycles.